The summed E-state index contributed by atoms with van der Waals surface area (Å²) < 4.78 is 36.6. The first-order valence-corrected chi connectivity index (χ1v) is 10.8. The second kappa shape index (κ2) is 12.3. The van der Waals surface area contributed by atoms with E-state index < -0.39 is 10.1 Å². The minimum Gasteiger partial charge on any atom is -0.490 e. The number of para-hydroxylation sites is 1. The summed E-state index contributed by atoms with van der Waals surface area (Å²) in [5.41, 5.74) is 0. The standard InChI is InChI=1S/C19H32O4S/c1-2-3-4-5-6-7-9-13-19(16-12-17-24(20,21)22)23-18-14-10-8-11-15-18/h8,10-11,14-15,19H,2-7,9,12-13,16-17H2,1H3,(H,20,21,22). The van der Waals surface area contributed by atoms with Crippen molar-refractivity contribution in [1.82, 2.24) is 0 Å². The van der Waals surface area contributed by atoms with Gasteiger partial charge in [-0.05, 0) is 37.8 Å². The Labute approximate surface area is 147 Å². The van der Waals surface area contributed by atoms with Crippen LogP contribution in [0.5, 0.6) is 5.75 Å². The van der Waals surface area contributed by atoms with E-state index in [0.29, 0.717) is 12.8 Å². The van der Waals surface area contributed by atoms with Crippen molar-refractivity contribution >= 4 is 10.1 Å². The molecule has 1 N–H and O–H groups in total. The average Bonchev–Trinajstić information content (AvgIpc) is 2.53. The molecule has 1 rings (SSSR count). The number of hydrogen-bond acceptors (Lipinski definition) is 3. The van der Waals surface area contributed by atoms with Crippen LogP contribution in [-0.2, 0) is 10.1 Å². The molecule has 5 heteroatoms. The number of rotatable bonds is 14. The van der Waals surface area contributed by atoms with Crippen LogP contribution in [0.1, 0.15) is 71.1 Å². The topological polar surface area (TPSA) is 63.6 Å². The number of unbranched alkanes of at least 4 members (excludes halogenated alkanes) is 6. The van der Waals surface area contributed by atoms with Crippen LogP contribution < -0.4 is 4.74 Å². The molecular formula is C19H32O4S. The summed E-state index contributed by atoms with van der Waals surface area (Å²) in [5, 5.41) is 0. The predicted molar refractivity (Wildman–Crippen MR) is 99.1 cm³/mol. The highest BCUT2D eigenvalue weighted by atomic mass is 32.2. The molecule has 0 aliphatic carbocycles. The molecule has 0 aliphatic heterocycles. The van der Waals surface area contributed by atoms with E-state index in [2.05, 4.69) is 6.92 Å². The smallest absolute Gasteiger partial charge is 0.264 e. The lowest BCUT2D eigenvalue weighted by Gasteiger charge is -2.19. The quantitative estimate of drug-likeness (QED) is 0.365. The molecule has 0 saturated heterocycles. The van der Waals surface area contributed by atoms with Gasteiger partial charge < -0.3 is 4.74 Å². The summed E-state index contributed by atoms with van der Waals surface area (Å²) in [6.45, 7) is 2.22. The van der Waals surface area contributed by atoms with Crippen molar-refractivity contribution in [3.05, 3.63) is 30.3 Å². The first kappa shape index (κ1) is 21.0. The van der Waals surface area contributed by atoms with Crippen molar-refractivity contribution < 1.29 is 17.7 Å². The largest absolute Gasteiger partial charge is 0.490 e. The van der Waals surface area contributed by atoms with Crippen LogP contribution in [0.2, 0.25) is 0 Å². The fourth-order valence-electron chi connectivity index (χ4n) is 2.78. The minimum absolute atomic E-state index is 0.00444. The van der Waals surface area contributed by atoms with E-state index in [4.69, 9.17) is 9.29 Å². The Morgan fingerprint density at radius 1 is 0.917 bits per heavy atom. The van der Waals surface area contributed by atoms with E-state index in [-0.39, 0.29) is 11.9 Å². The summed E-state index contributed by atoms with van der Waals surface area (Å²) >= 11 is 0. The molecule has 1 aromatic rings. The van der Waals surface area contributed by atoms with E-state index in [1.807, 2.05) is 30.3 Å². The Morgan fingerprint density at radius 2 is 1.50 bits per heavy atom. The molecular weight excluding hydrogens is 324 g/mol. The molecule has 0 saturated carbocycles. The highest BCUT2D eigenvalue weighted by Crippen LogP contribution is 2.19. The molecule has 0 aromatic heterocycles. The number of ether oxygens (including phenoxy) is 1. The van der Waals surface area contributed by atoms with Gasteiger partial charge in [0, 0.05) is 0 Å². The van der Waals surface area contributed by atoms with Crippen LogP contribution >= 0.6 is 0 Å². The van der Waals surface area contributed by atoms with E-state index in [1.54, 1.807) is 0 Å². The molecule has 24 heavy (non-hydrogen) atoms. The molecule has 138 valence electrons. The van der Waals surface area contributed by atoms with Gasteiger partial charge in [0.2, 0.25) is 0 Å². The van der Waals surface area contributed by atoms with Crippen molar-refractivity contribution in [2.75, 3.05) is 5.75 Å². The second-order valence-electron chi connectivity index (χ2n) is 6.39. The maximum Gasteiger partial charge on any atom is 0.264 e. The summed E-state index contributed by atoms with van der Waals surface area (Å²) in [7, 11) is -3.89. The lowest BCUT2D eigenvalue weighted by molar-refractivity contribution is 0.175. The van der Waals surface area contributed by atoms with Gasteiger partial charge in [0.1, 0.15) is 5.75 Å². The average molecular weight is 357 g/mol. The van der Waals surface area contributed by atoms with E-state index in [1.165, 1.54) is 38.5 Å². The van der Waals surface area contributed by atoms with Gasteiger partial charge >= 0.3 is 0 Å². The van der Waals surface area contributed by atoms with Crippen LogP contribution in [0.25, 0.3) is 0 Å². The van der Waals surface area contributed by atoms with Crippen molar-refractivity contribution in [2.45, 2.75) is 77.2 Å². The highest BCUT2D eigenvalue weighted by molar-refractivity contribution is 7.85. The van der Waals surface area contributed by atoms with Gasteiger partial charge in [0.15, 0.2) is 0 Å². The van der Waals surface area contributed by atoms with E-state index >= 15 is 0 Å². The Morgan fingerprint density at radius 3 is 2.12 bits per heavy atom. The lowest BCUT2D eigenvalue weighted by atomic mass is 10.0. The zero-order chi connectivity index (χ0) is 17.7. The Bertz CT molecular complexity index is 513. The predicted octanol–water partition coefficient (Wildman–Crippen LogP) is 5.24. The van der Waals surface area contributed by atoms with Gasteiger partial charge in [-0.25, -0.2) is 0 Å². The SMILES string of the molecule is CCCCCCCCCC(CCCS(=O)(=O)O)Oc1ccccc1. The number of hydrogen-bond donors (Lipinski definition) is 1. The fraction of sp³-hybridized carbons (Fsp3) is 0.684. The second-order valence-corrected chi connectivity index (χ2v) is 7.96. The molecule has 1 unspecified atom stereocenters. The van der Waals surface area contributed by atoms with Crippen LogP contribution in [-0.4, -0.2) is 24.8 Å². The van der Waals surface area contributed by atoms with E-state index in [9.17, 15) is 8.42 Å². The molecule has 0 amide bonds. The van der Waals surface area contributed by atoms with Gasteiger partial charge in [-0.2, -0.15) is 8.42 Å². The maximum absolute atomic E-state index is 10.9. The monoisotopic (exact) mass is 356 g/mol. The maximum atomic E-state index is 10.9. The number of benzene rings is 1. The van der Waals surface area contributed by atoms with Gasteiger partial charge in [0.25, 0.3) is 10.1 Å². The molecule has 0 fully saturated rings. The Balaban J connectivity index is 2.34. The fourth-order valence-corrected chi connectivity index (χ4v) is 3.31. The minimum atomic E-state index is -3.89. The summed E-state index contributed by atoms with van der Waals surface area (Å²) in [6, 6.07) is 9.63. The van der Waals surface area contributed by atoms with E-state index in [0.717, 1.165) is 18.6 Å². The Kier molecular flexibility index (Phi) is 10.8. The van der Waals surface area contributed by atoms with Crippen LogP contribution in [0, 0.1) is 0 Å². The third-order valence-corrected chi connectivity index (χ3v) is 4.91. The molecule has 1 atom stereocenters. The normalized spacial score (nSPS) is 12.9. The molecule has 0 bridgehead atoms. The van der Waals surface area contributed by atoms with Crippen LogP contribution in [0.15, 0.2) is 30.3 Å². The molecule has 4 nitrogen and oxygen atoms in total. The summed E-state index contributed by atoms with van der Waals surface area (Å²) in [5.74, 6) is 0.621. The molecule has 0 radical (unpaired) electrons. The van der Waals surface area contributed by atoms with Crippen LogP contribution in [0.4, 0.5) is 0 Å². The third kappa shape index (κ3) is 11.5. The zero-order valence-corrected chi connectivity index (χ0v) is 15.6. The van der Waals surface area contributed by atoms with Crippen molar-refractivity contribution in [2.24, 2.45) is 0 Å². The van der Waals surface area contributed by atoms with Gasteiger partial charge in [-0.1, -0.05) is 63.6 Å². The first-order chi connectivity index (χ1) is 11.5. The first-order valence-electron chi connectivity index (χ1n) is 9.18. The summed E-state index contributed by atoms with van der Waals surface area (Å²) in [6.07, 6.45) is 10.7. The van der Waals surface area contributed by atoms with Gasteiger partial charge in [0.05, 0.1) is 11.9 Å². The highest BCUT2D eigenvalue weighted by Gasteiger charge is 2.13. The van der Waals surface area contributed by atoms with Gasteiger partial charge in [-0.3, -0.25) is 4.55 Å². The Hall–Kier alpha value is -1.07. The summed E-state index contributed by atoms with van der Waals surface area (Å²) in [4.78, 5) is 0. The van der Waals surface area contributed by atoms with Crippen LogP contribution in [0.3, 0.4) is 0 Å². The molecule has 0 spiro atoms. The van der Waals surface area contributed by atoms with Crippen molar-refractivity contribution in [3.8, 4) is 5.75 Å². The molecule has 1 aromatic carbocycles. The molecule has 0 heterocycles. The molecule has 0 aliphatic rings. The van der Waals surface area contributed by atoms with Crippen molar-refractivity contribution in [1.29, 1.82) is 0 Å². The third-order valence-electron chi connectivity index (χ3n) is 4.10. The zero-order valence-electron chi connectivity index (χ0n) is 14.8. The van der Waals surface area contributed by atoms with Gasteiger partial charge in [-0.15, -0.1) is 0 Å². The lowest BCUT2D eigenvalue weighted by Crippen LogP contribution is -2.18. The van der Waals surface area contributed by atoms with Crippen molar-refractivity contribution in [3.63, 3.8) is 0 Å².